The lowest BCUT2D eigenvalue weighted by Crippen LogP contribution is -2.46. The summed E-state index contributed by atoms with van der Waals surface area (Å²) in [5.41, 5.74) is 2.37. The molecular formula is C21H23ClN6. The number of aromatic nitrogens is 3. The molecule has 1 aliphatic heterocycles. The molecule has 1 aromatic heterocycles. The molecule has 1 fully saturated rings. The lowest BCUT2D eigenvalue weighted by Gasteiger charge is -2.34. The van der Waals surface area contributed by atoms with Crippen LogP contribution in [0.5, 0.6) is 0 Å². The van der Waals surface area contributed by atoms with Crippen LogP contribution in [0, 0.1) is 0 Å². The minimum absolute atomic E-state index is 0.600. The van der Waals surface area contributed by atoms with Crippen LogP contribution < -0.4 is 10.2 Å². The van der Waals surface area contributed by atoms with Gasteiger partial charge >= 0.3 is 0 Å². The highest BCUT2D eigenvalue weighted by Gasteiger charge is 2.19. The zero-order chi connectivity index (χ0) is 19.2. The zero-order valence-corrected chi connectivity index (χ0v) is 16.4. The molecule has 0 atom stereocenters. The Morgan fingerprint density at radius 2 is 1.68 bits per heavy atom. The summed E-state index contributed by atoms with van der Waals surface area (Å²) >= 11 is 6.21. The molecular weight excluding hydrogens is 372 g/mol. The number of rotatable bonds is 6. The van der Waals surface area contributed by atoms with Crippen LogP contribution in [-0.4, -0.2) is 46.3 Å². The summed E-state index contributed by atoms with van der Waals surface area (Å²) in [5.74, 6) is 1.38. The lowest BCUT2D eigenvalue weighted by molar-refractivity contribution is 0.248. The van der Waals surface area contributed by atoms with Gasteiger partial charge in [-0.25, -0.2) is 0 Å². The first-order valence-corrected chi connectivity index (χ1v) is 9.84. The van der Waals surface area contributed by atoms with Gasteiger partial charge < -0.3 is 10.2 Å². The van der Waals surface area contributed by atoms with Gasteiger partial charge in [0.15, 0.2) is 5.82 Å². The second kappa shape index (κ2) is 8.99. The highest BCUT2D eigenvalue weighted by molar-refractivity contribution is 6.31. The van der Waals surface area contributed by atoms with Gasteiger partial charge in [-0.1, -0.05) is 60.1 Å². The van der Waals surface area contributed by atoms with Crippen LogP contribution in [0.4, 0.5) is 11.8 Å². The molecule has 0 radical (unpaired) electrons. The Kier molecular flexibility index (Phi) is 5.99. The van der Waals surface area contributed by atoms with E-state index in [9.17, 15) is 0 Å². The third-order valence-corrected chi connectivity index (χ3v) is 5.24. The minimum atomic E-state index is 0.600. The Balaban J connectivity index is 1.33. The van der Waals surface area contributed by atoms with Crippen molar-refractivity contribution in [3.8, 4) is 0 Å². The number of hydrogen-bond donors (Lipinski definition) is 1. The van der Waals surface area contributed by atoms with Gasteiger partial charge in [-0.2, -0.15) is 10.1 Å². The van der Waals surface area contributed by atoms with Crippen LogP contribution in [0.3, 0.4) is 0 Å². The number of halogens is 1. The third kappa shape index (κ3) is 4.77. The first kappa shape index (κ1) is 18.7. The fourth-order valence-electron chi connectivity index (χ4n) is 3.29. The van der Waals surface area contributed by atoms with Gasteiger partial charge in [0.05, 0.1) is 6.20 Å². The fraction of sp³-hybridized carbons (Fsp3) is 0.286. The molecule has 1 aliphatic rings. The molecule has 144 valence electrons. The van der Waals surface area contributed by atoms with Crippen molar-refractivity contribution in [1.29, 1.82) is 0 Å². The van der Waals surface area contributed by atoms with Crippen molar-refractivity contribution >= 4 is 23.4 Å². The smallest absolute Gasteiger partial charge is 0.247 e. The number of nitrogens with one attached hydrogen (secondary N) is 1. The zero-order valence-electron chi connectivity index (χ0n) is 15.6. The summed E-state index contributed by atoms with van der Waals surface area (Å²) in [6, 6.07) is 18.4. The van der Waals surface area contributed by atoms with Crippen LogP contribution in [0.1, 0.15) is 11.1 Å². The molecule has 4 rings (SSSR count). The summed E-state index contributed by atoms with van der Waals surface area (Å²) in [7, 11) is 0. The standard InChI is InChI=1S/C21H23ClN6/c22-19-9-5-4-8-18(19)14-23-20-15-24-26-21(25-20)28-12-10-27(11-13-28)16-17-6-2-1-3-7-17/h1-9,15H,10-14,16H2,(H,23,25,26). The SMILES string of the molecule is Clc1ccccc1CNc1cnnc(N2CCN(Cc3ccccc3)CC2)n1. The number of hydrogen-bond acceptors (Lipinski definition) is 6. The van der Waals surface area contributed by atoms with Crippen molar-refractivity contribution in [2.45, 2.75) is 13.1 Å². The van der Waals surface area contributed by atoms with Gasteiger partial charge in [0.25, 0.3) is 0 Å². The molecule has 7 heteroatoms. The van der Waals surface area contributed by atoms with Crippen molar-refractivity contribution < 1.29 is 0 Å². The predicted octanol–water partition coefficient (Wildman–Crippen LogP) is 3.46. The molecule has 28 heavy (non-hydrogen) atoms. The molecule has 0 bridgehead atoms. The topological polar surface area (TPSA) is 57.2 Å². The molecule has 0 aliphatic carbocycles. The van der Waals surface area contributed by atoms with Crippen LogP contribution >= 0.6 is 11.6 Å². The van der Waals surface area contributed by atoms with Gasteiger partial charge in [-0.3, -0.25) is 4.90 Å². The molecule has 0 amide bonds. The Morgan fingerprint density at radius 1 is 0.929 bits per heavy atom. The Hall–Kier alpha value is -2.70. The van der Waals surface area contributed by atoms with Gasteiger partial charge in [0, 0.05) is 44.3 Å². The van der Waals surface area contributed by atoms with E-state index in [1.54, 1.807) is 6.20 Å². The van der Waals surface area contributed by atoms with Crippen molar-refractivity contribution in [3.05, 3.63) is 76.9 Å². The summed E-state index contributed by atoms with van der Waals surface area (Å²) in [4.78, 5) is 9.28. The third-order valence-electron chi connectivity index (χ3n) is 4.87. The van der Waals surface area contributed by atoms with Gasteiger partial charge in [0.1, 0.15) is 0 Å². The Bertz CT molecular complexity index is 896. The number of anilines is 2. The van der Waals surface area contributed by atoms with E-state index in [0.717, 1.165) is 43.3 Å². The van der Waals surface area contributed by atoms with Gasteiger partial charge in [-0.05, 0) is 17.2 Å². The maximum absolute atomic E-state index is 6.21. The maximum Gasteiger partial charge on any atom is 0.247 e. The first-order valence-electron chi connectivity index (χ1n) is 9.46. The Labute approximate surface area is 170 Å². The molecule has 6 nitrogen and oxygen atoms in total. The van der Waals surface area contributed by atoms with Crippen LogP contribution in [0.25, 0.3) is 0 Å². The first-order chi connectivity index (χ1) is 13.8. The average Bonchev–Trinajstić information content (AvgIpc) is 2.75. The van der Waals surface area contributed by atoms with E-state index >= 15 is 0 Å². The second-order valence-electron chi connectivity index (χ2n) is 6.84. The molecule has 2 aromatic carbocycles. The number of piperazine rings is 1. The lowest BCUT2D eigenvalue weighted by atomic mass is 10.2. The van der Waals surface area contributed by atoms with Crippen molar-refractivity contribution in [2.24, 2.45) is 0 Å². The van der Waals surface area contributed by atoms with E-state index in [0.29, 0.717) is 18.3 Å². The van der Waals surface area contributed by atoms with Crippen molar-refractivity contribution in [2.75, 3.05) is 36.4 Å². The molecule has 0 saturated carbocycles. The fourth-order valence-corrected chi connectivity index (χ4v) is 3.49. The maximum atomic E-state index is 6.21. The summed E-state index contributed by atoms with van der Waals surface area (Å²) in [6.45, 7) is 5.33. The average molecular weight is 395 g/mol. The van der Waals surface area contributed by atoms with Crippen LogP contribution in [0.2, 0.25) is 5.02 Å². The number of nitrogens with zero attached hydrogens (tertiary/aromatic N) is 5. The van der Waals surface area contributed by atoms with E-state index in [1.165, 1.54) is 5.56 Å². The number of benzene rings is 2. The van der Waals surface area contributed by atoms with E-state index in [4.69, 9.17) is 11.6 Å². The highest BCUT2D eigenvalue weighted by Crippen LogP contribution is 2.17. The highest BCUT2D eigenvalue weighted by atomic mass is 35.5. The summed E-state index contributed by atoms with van der Waals surface area (Å²) in [5, 5.41) is 12.4. The van der Waals surface area contributed by atoms with E-state index in [-0.39, 0.29) is 0 Å². The second-order valence-corrected chi connectivity index (χ2v) is 7.24. The monoisotopic (exact) mass is 394 g/mol. The van der Waals surface area contributed by atoms with Crippen molar-refractivity contribution in [1.82, 2.24) is 20.1 Å². The molecule has 0 spiro atoms. The molecule has 1 saturated heterocycles. The summed E-state index contributed by atoms with van der Waals surface area (Å²) < 4.78 is 0. The normalized spacial score (nSPS) is 14.8. The van der Waals surface area contributed by atoms with E-state index in [2.05, 4.69) is 60.6 Å². The minimum Gasteiger partial charge on any atom is -0.364 e. The quantitative estimate of drug-likeness (QED) is 0.691. The van der Waals surface area contributed by atoms with Crippen LogP contribution in [-0.2, 0) is 13.1 Å². The van der Waals surface area contributed by atoms with Crippen molar-refractivity contribution in [3.63, 3.8) is 0 Å². The Morgan fingerprint density at radius 3 is 2.46 bits per heavy atom. The van der Waals surface area contributed by atoms with Crippen LogP contribution in [0.15, 0.2) is 60.8 Å². The largest absolute Gasteiger partial charge is 0.364 e. The molecule has 0 unspecified atom stereocenters. The molecule has 1 N–H and O–H groups in total. The predicted molar refractivity (Wildman–Crippen MR) is 113 cm³/mol. The molecule has 3 aromatic rings. The van der Waals surface area contributed by atoms with E-state index in [1.807, 2.05) is 24.3 Å². The summed E-state index contributed by atoms with van der Waals surface area (Å²) in [6.07, 6.45) is 1.64. The van der Waals surface area contributed by atoms with Gasteiger partial charge in [-0.15, -0.1) is 5.10 Å². The van der Waals surface area contributed by atoms with E-state index < -0.39 is 0 Å². The van der Waals surface area contributed by atoms with Gasteiger partial charge in [0.2, 0.25) is 5.95 Å². The molecule has 2 heterocycles.